The van der Waals surface area contributed by atoms with Crippen LogP contribution in [-0.2, 0) is 17.8 Å². The number of carbonyl (C=O) groups excluding carboxylic acids is 2. The van der Waals surface area contributed by atoms with Gasteiger partial charge in [-0.15, -0.1) is 0 Å². The molecule has 228 valence electrons. The van der Waals surface area contributed by atoms with Gasteiger partial charge in [0.15, 0.2) is 5.82 Å². The van der Waals surface area contributed by atoms with Crippen LogP contribution >= 0.6 is 11.6 Å². The highest BCUT2D eigenvalue weighted by molar-refractivity contribution is 6.31. The van der Waals surface area contributed by atoms with Gasteiger partial charge in [-0.2, -0.15) is 5.10 Å². The zero-order valence-corrected chi connectivity index (χ0v) is 26.0. The fourth-order valence-electron chi connectivity index (χ4n) is 4.42. The number of hydrogen-bond acceptors (Lipinski definition) is 8. The minimum Gasteiger partial charge on any atom is -0.508 e. The number of alkyl carbamates (subject to hydrolysis) is 1. The first-order valence-corrected chi connectivity index (χ1v) is 14.4. The summed E-state index contributed by atoms with van der Waals surface area (Å²) in [6.45, 7) is 11.1. The molecule has 0 unspecified atom stereocenters. The lowest BCUT2D eigenvalue weighted by Crippen LogP contribution is -2.33. The number of hydrogen-bond donors (Lipinski definition) is 2. The van der Waals surface area contributed by atoms with E-state index in [0.717, 1.165) is 17.8 Å². The number of aromatic hydroxyl groups is 1. The van der Waals surface area contributed by atoms with Crippen molar-refractivity contribution in [1.82, 2.24) is 30.0 Å². The van der Waals surface area contributed by atoms with Crippen LogP contribution in [0, 0.1) is 6.92 Å². The smallest absolute Gasteiger partial charge is 0.407 e. The topological polar surface area (TPSA) is 132 Å². The molecule has 0 aliphatic rings. The first-order chi connectivity index (χ1) is 20.3. The van der Waals surface area contributed by atoms with Crippen molar-refractivity contribution in [3.63, 3.8) is 0 Å². The summed E-state index contributed by atoms with van der Waals surface area (Å²) < 4.78 is 13.0. The van der Waals surface area contributed by atoms with Crippen LogP contribution in [-0.4, -0.2) is 67.6 Å². The lowest BCUT2D eigenvalue weighted by Gasteiger charge is -2.19. The first-order valence-electron chi connectivity index (χ1n) is 14.0. The quantitative estimate of drug-likeness (QED) is 0.218. The molecule has 2 aromatic carbocycles. The van der Waals surface area contributed by atoms with Crippen LogP contribution in [0.1, 0.15) is 55.9 Å². The van der Waals surface area contributed by atoms with E-state index in [1.165, 1.54) is 12.1 Å². The summed E-state index contributed by atoms with van der Waals surface area (Å²) in [5, 5.41) is 18.1. The minimum atomic E-state index is -0.569. The number of phenolic OH excluding ortho intramolecular Hbond substituents is 1. The van der Waals surface area contributed by atoms with Gasteiger partial charge in [0.1, 0.15) is 22.8 Å². The van der Waals surface area contributed by atoms with Gasteiger partial charge in [-0.3, -0.25) is 9.48 Å². The maximum Gasteiger partial charge on any atom is 0.407 e. The number of aryl methyl sites for hydroxylation is 1. The Balaban J connectivity index is 1.55. The number of nitrogens with zero attached hydrogens (tertiary/aromatic N) is 5. The van der Waals surface area contributed by atoms with Gasteiger partial charge in [-0.25, -0.2) is 14.8 Å². The highest BCUT2D eigenvalue weighted by atomic mass is 35.5. The number of halogens is 1. The average Bonchev–Trinajstić information content (AvgIpc) is 3.29. The lowest BCUT2D eigenvalue weighted by molar-refractivity contribution is 0.0525. The molecule has 0 spiro atoms. The van der Waals surface area contributed by atoms with Crippen LogP contribution in [0.3, 0.4) is 0 Å². The molecule has 0 aliphatic heterocycles. The van der Waals surface area contributed by atoms with Gasteiger partial charge < -0.3 is 24.8 Å². The summed E-state index contributed by atoms with van der Waals surface area (Å²) >= 11 is 6.43. The van der Waals surface area contributed by atoms with Crippen LogP contribution in [0.25, 0.3) is 22.3 Å². The molecule has 11 nitrogen and oxygen atoms in total. The summed E-state index contributed by atoms with van der Waals surface area (Å²) in [6.07, 6.45) is 1.82. The first kappa shape index (κ1) is 31.6. The van der Waals surface area contributed by atoms with Crippen molar-refractivity contribution >= 4 is 34.5 Å². The molecular weight excluding hydrogens is 572 g/mol. The molecule has 0 radical (unpaired) electrons. The van der Waals surface area contributed by atoms with Gasteiger partial charge in [-0.05, 0) is 77.4 Å². The summed E-state index contributed by atoms with van der Waals surface area (Å²) in [5.74, 6) is 0.436. The third-order valence-corrected chi connectivity index (χ3v) is 6.75. The molecule has 4 rings (SSSR count). The third kappa shape index (κ3) is 8.13. The van der Waals surface area contributed by atoms with Crippen LogP contribution in [0.15, 0.2) is 42.6 Å². The van der Waals surface area contributed by atoms with E-state index in [2.05, 4.69) is 20.4 Å². The van der Waals surface area contributed by atoms with Gasteiger partial charge in [0.25, 0.3) is 5.91 Å². The zero-order valence-electron chi connectivity index (χ0n) is 25.3. The Labute approximate surface area is 255 Å². The molecule has 0 bridgehead atoms. The molecule has 2 amide bonds. The Kier molecular flexibility index (Phi) is 9.75. The predicted octanol–water partition coefficient (Wildman–Crippen LogP) is 5.75. The van der Waals surface area contributed by atoms with E-state index in [1.807, 2.05) is 18.5 Å². The third-order valence-electron chi connectivity index (χ3n) is 6.53. The Bertz CT molecular complexity index is 1630. The van der Waals surface area contributed by atoms with Crippen molar-refractivity contribution < 1.29 is 24.2 Å². The molecule has 0 atom stereocenters. The maximum atomic E-state index is 13.7. The number of ether oxygens (including phenoxy) is 2. The van der Waals surface area contributed by atoms with Gasteiger partial charge in [0.05, 0.1) is 18.3 Å². The number of amides is 2. The lowest BCUT2D eigenvalue weighted by atomic mass is 10.1. The molecule has 0 fully saturated rings. The monoisotopic (exact) mass is 608 g/mol. The summed E-state index contributed by atoms with van der Waals surface area (Å²) in [5.41, 5.74) is 2.54. The molecule has 12 heteroatoms. The van der Waals surface area contributed by atoms with E-state index in [-0.39, 0.29) is 23.2 Å². The number of carbonyl (C=O) groups is 2. The molecule has 4 aromatic rings. The van der Waals surface area contributed by atoms with Gasteiger partial charge in [0, 0.05) is 53.9 Å². The van der Waals surface area contributed by atoms with Gasteiger partial charge in [0.2, 0.25) is 0 Å². The molecule has 0 saturated carbocycles. The van der Waals surface area contributed by atoms with Gasteiger partial charge in [-0.1, -0.05) is 11.6 Å². The van der Waals surface area contributed by atoms with E-state index in [4.69, 9.17) is 21.1 Å². The van der Waals surface area contributed by atoms with Crippen LogP contribution in [0.2, 0.25) is 5.02 Å². The summed E-state index contributed by atoms with van der Waals surface area (Å²) in [4.78, 5) is 36.5. The molecular formula is C31H37ClN6O5. The van der Waals surface area contributed by atoms with Crippen LogP contribution < -0.4 is 10.1 Å². The van der Waals surface area contributed by atoms with E-state index in [1.54, 1.807) is 63.2 Å². The molecule has 0 saturated heterocycles. The van der Waals surface area contributed by atoms with Crippen LogP contribution in [0.4, 0.5) is 4.79 Å². The number of phenols is 1. The van der Waals surface area contributed by atoms with E-state index >= 15 is 0 Å². The predicted molar refractivity (Wildman–Crippen MR) is 164 cm³/mol. The fraction of sp³-hybridized carbons (Fsp3) is 0.387. The van der Waals surface area contributed by atoms with Crippen molar-refractivity contribution in [3.8, 4) is 22.9 Å². The molecule has 2 aromatic heterocycles. The standard InChI is InChI=1S/C31H37ClN6O5/c1-7-38-19(2)21(17-34-38)18-37(6)29(40)27-25-16-23(39)9-10-26(25)35-28(36-27)20-13-22(32)15-24(14-20)42-12-8-11-33-30(41)43-31(3,4)5/h9-10,13-17,39H,7-8,11-12,18H2,1-6H3,(H,33,41). The highest BCUT2D eigenvalue weighted by Gasteiger charge is 2.22. The second kappa shape index (κ2) is 13.3. The van der Waals surface area contributed by atoms with Crippen molar-refractivity contribution in [2.45, 2.75) is 59.7 Å². The number of benzene rings is 2. The zero-order chi connectivity index (χ0) is 31.3. The van der Waals surface area contributed by atoms with Crippen molar-refractivity contribution in [2.75, 3.05) is 20.2 Å². The molecule has 2 heterocycles. The largest absolute Gasteiger partial charge is 0.508 e. The fourth-order valence-corrected chi connectivity index (χ4v) is 4.64. The summed E-state index contributed by atoms with van der Waals surface area (Å²) in [6, 6.07) is 9.75. The molecule has 43 heavy (non-hydrogen) atoms. The maximum absolute atomic E-state index is 13.7. The normalized spacial score (nSPS) is 11.4. The van der Waals surface area contributed by atoms with Crippen LogP contribution in [0.5, 0.6) is 11.5 Å². The number of fused-ring (bicyclic) bond motifs is 1. The summed E-state index contributed by atoms with van der Waals surface area (Å²) in [7, 11) is 1.70. The number of rotatable bonds is 10. The van der Waals surface area contributed by atoms with E-state index < -0.39 is 11.7 Å². The Morgan fingerprint density at radius 3 is 2.60 bits per heavy atom. The Morgan fingerprint density at radius 1 is 1.14 bits per heavy atom. The van der Waals surface area contributed by atoms with Gasteiger partial charge >= 0.3 is 6.09 Å². The molecule has 2 N–H and O–H groups in total. The number of aromatic nitrogens is 4. The molecule has 0 aliphatic carbocycles. The Hall–Kier alpha value is -4.38. The average molecular weight is 609 g/mol. The SMILES string of the molecule is CCn1ncc(CN(C)C(=O)c2nc(-c3cc(Cl)cc(OCCCNC(=O)OC(C)(C)C)c3)nc3ccc(O)cc23)c1C. The van der Waals surface area contributed by atoms with E-state index in [9.17, 15) is 14.7 Å². The van der Waals surface area contributed by atoms with E-state index in [0.29, 0.717) is 53.4 Å². The second-order valence-electron chi connectivity index (χ2n) is 11.1. The Morgan fingerprint density at radius 2 is 1.91 bits per heavy atom. The minimum absolute atomic E-state index is 0.000204. The number of nitrogens with one attached hydrogen (secondary N) is 1. The van der Waals surface area contributed by atoms with Crippen molar-refractivity contribution in [2.24, 2.45) is 0 Å². The van der Waals surface area contributed by atoms with Crippen molar-refractivity contribution in [3.05, 3.63) is 64.6 Å². The van der Waals surface area contributed by atoms with Crippen molar-refractivity contribution in [1.29, 1.82) is 0 Å². The second-order valence-corrected chi connectivity index (χ2v) is 11.6. The highest BCUT2D eigenvalue weighted by Crippen LogP contribution is 2.30.